The van der Waals surface area contributed by atoms with Gasteiger partial charge in [-0.2, -0.15) is 0 Å². The predicted molar refractivity (Wildman–Crippen MR) is 68.3 cm³/mol. The Labute approximate surface area is 115 Å². The predicted octanol–water partition coefficient (Wildman–Crippen LogP) is 2.12. The van der Waals surface area contributed by atoms with Gasteiger partial charge in [-0.25, -0.2) is 26.9 Å². The summed E-state index contributed by atoms with van der Waals surface area (Å²) < 4.78 is 52.9. The molecule has 1 unspecified atom stereocenters. The summed E-state index contributed by atoms with van der Waals surface area (Å²) in [6, 6.07) is 1.70. The van der Waals surface area contributed by atoms with Gasteiger partial charge in [0.15, 0.2) is 0 Å². The third-order valence-electron chi connectivity index (χ3n) is 2.74. The van der Waals surface area contributed by atoms with Gasteiger partial charge in [-0.1, -0.05) is 6.92 Å². The SMILES string of the molecule is CCC(NS(=O)(=O)c1ccc(F)cc1F)c1ncc[nH]1. The number of hydrogen-bond donors (Lipinski definition) is 2. The summed E-state index contributed by atoms with van der Waals surface area (Å²) in [6.45, 7) is 1.76. The molecule has 108 valence electrons. The van der Waals surface area contributed by atoms with E-state index < -0.39 is 32.6 Å². The summed E-state index contributed by atoms with van der Waals surface area (Å²) in [5, 5.41) is 0. The summed E-state index contributed by atoms with van der Waals surface area (Å²) >= 11 is 0. The fraction of sp³-hybridized carbons (Fsp3) is 0.250. The van der Waals surface area contributed by atoms with Crippen LogP contribution in [0.4, 0.5) is 8.78 Å². The molecule has 0 amide bonds. The third-order valence-corrected chi connectivity index (χ3v) is 4.24. The number of aromatic nitrogens is 2. The minimum atomic E-state index is -4.10. The van der Waals surface area contributed by atoms with Gasteiger partial charge in [-0.05, 0) is 18.6 Å². The van der Waals surface area contributed by atoms with Crippen molar-refractivity contribution in [2.24, 2.45) is 0 Å². The van der Waals surface area contributed by atoms with E-state index in [2.05, 4.69) is 14.7 Å². The molecule has 0 aliphatic rings. The van der Waals surface area contributed by atoms with Crippen LogP contribution in [0.15, 0.2) is 35.5 Å². The zero-order valence-electron chi connectivity index (χ0n) is 10.6. The minimum Gasteiger partial charge on any atom is -0.347 e. The van der Waals surface area contributed by atoms with Crippen molar-refractivity contribution in [3.63, 3.8) is 0 Å². The van der Waals surface area contributed by atoms with Gasteiger partial charge in [0, 0.05) is 18.5 Å². The van der Waals surface area contributed by atoms with Crippen LogP contribution in [0.25, 0.3) is 0 Å². The van der Waals surface area contributed by atoms with Crippen LogP contribution < -0.4 is 4.72 Å². The zero-order valence-corrected chi connectivity index (χ0v) is 11.4. The van der Waals surface area contributed by atoms with Crippen molar-refractivity contribution in [3.8, 4) is 0 Å². The number of aromatic amines is 1. The van der Waals surface area contributed by atoms with E-state index in [1.807, 2.05) is 0 Å². The zero-order chi connectivity index (χ0) is 14.8. The second kappa shape index (κ2) is 5.68. The first-order valence-corrected chi connectivity index (χ1v) is 7.39. The lowest BCUT2D eigenvalue weighted by Gasteiger charge is -2.15. The summed E-state index contributed by atoms with van der Waals surface area (Å²) in [5.74, 6) is -1.54. The number of imidazole rings is 1. The number of nitrogens with one attached hydrogen (secondary N) is 2. The monoisotopic (exact) mass is 301 g/mol. The highest BCUT2D eigenvalue weighted by molar-refractivity contribution is 7.89. The molecule has 0 aliphatic heterocycles. The molecule has 8 heteroatoms. The van der Waals surface area contributed by atoms with Gasteiger partial charge < -0.3 is 4.98 Å². The normalized spacial score (nSPS) is 13.3. The van der Waals surface area contributed by atoms with Crippen molar-refractivity contribution in [2.45, 2.75) is 24.3 Å². The maximum atomic E-state index is 13.6. The molecular weight excluding hydrogens is 288 g/mol. The Balaban J connectivity index is 2.31. The van der Waals surface area contributed by atoms with Gasteiger partial charge in [0.05, 0.1) is 6.04 Å². The molecule has 1 aromatic heterocycles. The van der Waals surface area contributed by atoms with E-state index in [-0.39, 0.29) is 0 Å². The molecule has 0 spiro atoms. The smallest absolute Gasteiger partial charge is 0.244 e. The summed E-state index contributed by atoms with van der Waals surface area (Å²) in [5.41, 5.74) is 0. The fourth-order valence-corrected chi connectivity index (χ4v) is 3.09. The van der Waals surface area contributed by atoms with Crippen LogP contribution in [0.3, 0.4) is 0 Å². The van der Waals surface area contributed by atoms with Crippen LogP contribution in [0, 0.1) is 11.6 Å². The molecule has 2 rings (SSSR count). The standard InChI is InChI=1S/C12H13F2N3O2S/c1-2-10(12-15-5-6-16-12)17-20(18,19)11-4-3-8(13)7-9(11)14/h3-7,10,17H,2H2,1H3,(H,15,16). The lowest BCUT2D eigenvalue weighted by molar-refractivity contribution is 0.522. The van der Waals surface area contributed by atoms with Crippen LogP contribution in [0.2, 0.25) is 0 Å². The molecule has 20 heavy (non-hydrogen) atoms. The molecule has 0 fully saturated rings. The van der Waals surface area contributed by atoms with Gasteiger partial charge in [-0.3, -0.25) is 0 Å². The Morgan fingerprint density at radius 2 is 2.15 bits per heavy atom. The quantitative estimate of drug-likeness (QED) is 0.888. The average Bonchev–Trinajstić information content (AvgIpc) is 2.89. The first-order chi connectivity index (χ1) is 9.44. The molecule has 2 aromatic rings. The Hall–Kier alpha value is -1.80. The van der Waals surface area contributed by atoms with E-state index in [4.69, 9.17) is 0 Å². The van der Waals surface area contributed by atoms with E-state index in [0.717, 1.165) is 12.1 Å². The van der Waals surface area contributed by atoms with Crippen molar-refractivity contribution in [1.82, 2.24) is 14.7 Å². The Morgan fingerprint density at radius 3 is 2.70 bits per heavy atom. The van der Waals surface area contributed by atoms with E-state index in [1.165, 1.54) is 6.20 Å². The highest BCUT2D eigenvalue weighted by Crippen LogP contribution is 2.20. The number of sulfonamides is 1. The second-order valence-corrected chi connectivity index (χ2v) is 5.81. The van der Waals surface area contributed by atoms with E-state index in [1.54, 1.807) is 13.1 Å². The van der Waals surface area contributed by atoms with Crippen LogP contribution in [0.1, 0.15) is 25.2 Å². The summed E-state index contributed by atoms with van der Waals surface area (Å²) in [4.78, 5) is 6.17. The van der Waals surface area contributed by atoms with Crippen LogP contribution >= 0.6 is 0 Å². The van der Waals surface area contributed by atoms with Gasteiger partial charge in [0.2, 0.25) is 10.0 Å². The number of halogens is 2. The maximum Gasteiger partial charge on any atom is 0.244 e. The van der Waals surface area contributed by atoms with Crippen LogP contribution in [-0.4, -0.2) is 18.4 Å². The Morgan fingerprint density at radius 1 is 1.40 bits per heavy atom. The number of rotatable bonds is 5. The molecule has 1 aromatic carbocycles. The highest BCUT2D eigenvalue weighted by atomic mass is 32.2. The van der Waals surface area contributed by atoms with E-state index >= 15 is 0 Å². The number of benzene rings is 1. The molecule has 0 saturated heterocycles. The van der Waals surface area contributed by atoms with E-state index in [9.17, 15) is 17.2 Å². The molecular formula is C12H13F2N3O2S. The third kappa shape index (κ3) is 3.02. The first-order valence-electron chi connectivity index (χ1n) is 5.90. The highest BCUT2D eigenvalue weighted by Gasteiger charge is 2.24. The lowest BCUT2D eigenvalue weighted by Crippen LogP contribution is -2.29. The van der Waals surface area contributed by atoms with Gasteiger partial charge >= 0.3 is 0 Å². The van der Waals surface area contributed by atoms with Gasteiger partial charge in [0.1, 0.15) is 22.4 Å². The Bertz CT molecular complexity index is 687. The maximum absolute atomic E-state index is 13.6. The molecule has 0 saturated carbocycles. The lowest BCUT2D eigenvalue weighted by atomic mass is 10.2. The molecule has 5 nitrogen and oxygen atoms in total. The fourth-order valence-electron chi connectivity index (χ4n) is 1.74. The largest absolute Gasteiger partial charge is 0.347 e. The van der Waals surface area contributed by atoms with Gasteiger partial charge in [-0.15, -0.1) is 0 Å². The van der Waals surface area contributed by atoms with E-state index in [0.29, 0.717) is 18.3 Å². The number of hydrogen-bond acceptors (Lipinski definition) is 3. The molecule has 0 bridgehead atoms. The van der Waals surface area contributed by atoms with Crippen molar-refractivity contribution in [3.05, 3.63) is 48.1 Å². The summed E-state index contributed by atoms with van der Waals surface area (Å²) in [6.07, 6.45) is 3.48. The first kappa shape index (κ1) is 14.6. The van der Waals surface area contributed by atoms with Crippen molar-refractivity contribution in [2.75, 3.05) is 0 Å². The van der Waals surface area contributed by atoms with Crippen molar-refractivity contribution in [1.29, 1.82) is 0 Å². The molecule has 1 atom stereocenters. The molecule has 0 radical (unpaired) electrons. The Kier molecular flexibility index (Phi) is 4.15. The molecule has 1 heterocycles. The van der Waals surface area contributed by atoms with Crippen LogP contribution in [-0.2, 0) is 10.0 Å². The number of H-pyrrole nitrogens is 1. The van der Waals surface area contributed by atoms with Crippen molar-refractivity contribution >= 4 is 10.0 Å². The number of nitrogens with zero attached hydrogens (tertiary/aromatic N) is 1. The minimum absolute atomic E-state index is 0.426. The summed E-state index contributed by atoms with van der Waals surface area (Å²) in [7, 11) is -4.10. The van der Waals surface area contributed by atoms with Crippen LogP contribution in [0.5, 0.6) is 0 Å². The van der Waals surface area contributed by atoms with Gasteiger partial charge in [0.25, 0.3) is 0 Å². The second-order valence-electron chi connectivity index (χ2n) is 4.13. The topological polar surface area (TPSA) is 74.8 Å². The molecule has 0 aliphatic carbocycles. The van der Waals surface area contributed by atoms with Crippen molar-refractivity contribution < 1.29 is 17.2 Å². The molecule has 2 N–H and O–H groups in total. The average molecular weight is 301 g/mol.